The smallest absolute Gasteiger partial charge is 0.251 e. The first-order valence-corrected chi connectivity index (χ1v) is 13.1. The number of alkyl halides is 2. The highest BCUT2D eigenvalue weighted by Gasteiger charge is 2.47. The number of nitrogens with one attached hydrogen (secondary N) is 1. The third-order valence-electron chi connectivity index (χ3n) is 6.96. The second-order valence-corrected chi connectivity index (χ2v) is 11.3. The number of rotatable bonds is 7. The average Bonchev–Trinajstić information content (AvgIpc) is 2.73. The molecule has 0 radical (unpaired) electrons. The van der Waals surface area contributed by atoms with Crippen LogP contribution >= 0.6 is 0 Å². The van der Waals surface area contributed by atoms with Crippen molar-refractivity contribution < 1.29 is 22.0 Å². The van der Waals surface area contributed by atoms with E-state index in [9.17, 15) is 22.0 Å². The number of carbonyl (C=O) groups excluding carboxylic acids is 1. The number of halogens is 2. The maximum Gasteiger partial charge on any atom is 0.251 e. The van der Waals surface area contributed by atoms with E-state index in [0.29, 0.717) is 38.2 Å². The topological polar surface area (TPSA) is 69.7 Å². The number of carbonyl (C=O) groups is 1. The molecule has 2 fully saturated rings. The predicted molar refractivity (Wildman–Crippen MR) is 122 cm³/mol. The first kappa shape index (κ1) is 25.1. The number of nitrogens with zero attached hydrogens (tertiary/aromatic N) is 2. The summed E-state index contributed by atoms with van der Waals surface area (Å²) in [7, 11) is -3.28. The molecule has 6 nitrogen and oxygen atoms in total. The van der Waals surface area contributed by atoms with Crippen LogP contribution < -0.4 is 5.32 Å². The number of aryl methyl sites for hydroxylation is 2. The summed E-state index contributed by atoms with van der Waals surface area (Å²) in [6.45, 7) is 7.54. The molecule has 9 heteroatoms. The fraction of sp³-hybridized carbons (Fsp3) is 0.696. The second kappa shape index (κ2) is 9.73. The van der Waals surface area contributed by atoms with Crippen LogP contribution in [-0.4, -0.2) is 73.5 Å². The fourth-order valence-electron chi connectivity index (χ4n) is 5.02. The van der Waals surface area contributed by atoms with Gasteiger partial charge in [0.25, 0.3) is 5.91 Å². The van der Waals surface area contributed by atoms with Crippen LogP contribution in [0.5, 0.6) is 0 Å². The summed E-state index contributed by atoms with van der Waals surface area (Å²) in [6, 6.07) is 5.67. The number of hydrogen-bond acceptors (Lipinski definition) is 4. The molecular weight excluding hydrogens is 436 g/mol. The Morgan fingerprint density at radius 3 is 2.12 bits per heavy atom. The summed E-state index contributed by atoms with van der Waals surface area (Å²) >= 11 is 0. The summed E-state index contributed by atoms with van der Waals surface area (Å²) < 4.78 is 54.3. The maximum atomic E-state index is 14.0. The Labute approximate surface area is 190 Å². The van der Waals surface area contributed by atoms with Gasteiger partial charge in [0.05, 0.1) is 5.75 Å². The molecular formula is C23H35F2N3O3S. The lowest BCUT2D eigenvalue weighted by Crippen LogP contribution is -2.63. The van der Waals surface area contributed by atoms with Crippen molar-refractivity contribution in [3.63, 3.8) is 0 Å². The molecule has 1 aromatic carbocycles. The lowest BCUT2D eigenvalue weighted by molar-refractivity contribution is -0.0856. The Hall–Kier alpha value is -1.58. The zero-order valence-electron chi connectivity index (χ0n) is 19.3. The highest BCUT2D eigenvalue weighted by molar-refractivity contribution is 7.89. The number of amides is 1. The zero-order chi connectivity index (χ0) is 23.6. The predicted octanol–water partition coefficient (Wildman–Crippen LogP) is 3.34. The number of hydrogen-bond donors (Lipinski definition) is 1. The number of benzene rings is 1. The van der Waals surface area contributed by atoms with Gasteiger partial charge in [-0.2, -0.15) is 4.31 Å². The van der Waals surface area contributed by atoms with Gasteiger partial charge in [0.2, 0.25) is 15.9 Å². The SMILES string of the molecule is CCCS(=O)(=O)N1CCN(C2(CNC(=O)c3c(C)cccc3C)CCC(F)(F)CC2)CC1. The minimum atomic E-state index is -3.28. The highest BCUT2D eigenvalue weighted by atomic mass is 32.2. The molecule has 1 aliphatic heterocycles. The average molecular weight is 472 g/mol. The lowest BCUT2D eigenvalue weighted by Gasteiger charge is -2.50. The van der Waals surface area contributed by atoms with Gasteiger partial charge in [0, 0.05) is 56.7 Å². The van der Waals surface area contributed by atoms with Crippen LogP contribution in [0.15, 0.2) is 18.2 Å². The van der Waals surface area contributed by atoms with Gasteiger partial charge < -0.3 is 5.32 Å². The Morgan fingerprint density at radius 1 is 1.03 bits per heavy atom. The minimum absolute atomic E-state index is 0.121. The van der Waals surface area contributed by atoms with E-state index in [1.165, 1.54) is 4.31 Å². The molecule has 1 heterocycles. The van der Waals surface area contributed by atoms with Crippen molar-refractivity contribution in [1.29, 1.82) is 0 Å². The van der Waals surface area contributed by atoms with Crippen LogP contribution in [0.3, 0.4) is 0 Å². The van der Waals surface area contributed by atoms with Crippen molar-refractivity contribution in [3.05, 3.63) is 34.9 Å². The zero-order valence-corrected chi connectivity index (χ0v) is 20.1. The molecule has 1 saturated heterocycles. The van der Waals surface area contributed by atoms with E-state index < -0.39 is 21.5 Å². The van der Waals surface area contributed by atoms with Crippen molar-refractivity contribution in [2.24, 2.45) is 0 Å². The normalized spacial score (nSPS) is 21.9. The summed E-state index contributed by atoms with van der Waals surface area (Å²) in [6.07, 6.45) is 0.663. The van der Waals surface area contributed by atoms with Gasteiger partial charge in [-0.1, -0.05) is 25.1 Å². The van der Waals surface area contributed by atoms with Crippen molar-refractivity contribution in [1.82, 2.24) is 14.5 Å². The molecule has 0 aromatic heterocycles. The van der Waals surface area contributed by atoms with Crippen LogP contribution in [0.4, 0.5) is 8.78 Å². The summed E-state index contributed by atoms with van der Waals surface area (Å²) in [4.78, 5) is 15.1. The van der Waals surface area contributed by atoms with Crippen molar-refractivity contribution >= 4 is 15.9 Å². The standard InChI is InChI=1S/C23H35F2N3O3S/c1-4-16-32(30,31)28-14-12-27(13-15-28)22(8-10-23(24,25)11-9-22)17-26-21(29)20-18(2)6-5-7-19(20)3/h5-7H,4,8-17H2,1-3H3,(H,26,29). The Kier molecular flexibility index (Phi) is 7.62. The first-order chi connectivity index (χ1) is 15.0. The van der Waals surface area contributed by atoms with E-state index in [4.69, 9.17) is 0 Å². The van der Waals surface area contributed by atoms with E-state index >= 15 is 0 Å². The summed E-state index contributed by atoms with van der Waals surface area (Å²) in [5.41, 5.74) is 1.79. The minimum Gasteiger partial charge on any atom is -0.350 e. The summed E-state index contributed by atoms with van der Waals surface area (Å²) in [5, 5.41) is 3.02. The molecule has 1 N–H and O–H groups in total. The largest absolute Gasteiger partial charge is 0.350 e. The third kappa shape index (κ3) is 5.48. The molecule has 1 aromatic rings. The van der Waals surface area contributed by atoms with Crippen LogP contribution in [0.25, 0.3) is 0 Å². The van der Waals surface area contributed by atoms with Crippen LogP contribution in [0.2, 0.25) is 0 Å². The molecule has 0 unspecified atom stereocenters. The van der Waals surface area contributed by atoms with Gasteiger partial charge in [0.15, 0.2) is 0 Å². The molecule has 1 aliphatic carbocycles. The molecule has 1 saturated carbocycles. The Morgan fingerprint density at radius 2 is 1.59 bits per heavy atom. The highest BCUT2D eigenvalue weighted by Crippen LogP contribution is 2.42. The van der Waals surface area contributed by atoms with Crippen molar-refractivity contribution in [2.45, 2.75) is 64.3 Å². The third-order valence-corrected chi connectivity index (χ3v) is 9.04. The monoisotopic (exact) mass is 471 g/mol. The molecule has 3 rings (SSSR count). The molecule has 0 bridgehead atoms. The van der Waals surface area contributed by atoms with E-state index in [2.05, 4.69) is 10.2 Å². The van der Waals surface area contributed by atoms with E-state index in [0.717, 1.165) is 11.1 Å². The van der Waals surface area contributed by atoms with Crippen LogP contribution in [0, 0.1) is 13.8 Å². The van der Waals surface area contributed by atoms with Gasteiger partial charge in [-0.15, -0.1) is 0 Å². The number of piperazine rings is 1. The molecule has 180 valence electrons. The fourth-order valence-corrected chi connectivity index (χ4v) is 6.51. The van der Waals surface area contributed by atoms with Gasteiger partial charge in [-0.25, -0.2) is 17.2 Å². The van der Waals surface area contributed by atoms with Crippen LogP contribution in [-0.2, 0) is 10.0 Å². The van der Waals surface area contributed by atoms with Gasteiger partial charge >= 0.3 is 0 Å². The molecule has 2 aliphatic rings. The first-order valence-electron chi connectivity index (χ1n) is 11.4. The second-order valence-electron chi connectivity index (χ2n) is 9.23. The summed E-state index contributed by atoms with van der Waals surface area (Å²) in [5.74, 6) is -2.76. The molecule has 32 heavy (non-hydrogen) atoms. The van der Waals surface area contributed by atoms with E-state index in [1.807, 2.05) is 39.0 Å². The number of sulfonamides is 1. The van der Waals surface area contributed by atoms with Crippen LogP contribution in [0.1, 0.15) is 60.5 Å². The Balaban J connectivity index is 1.74. The van der Waals surface area contributed by atoms with E-state index in [1.54, 1.807) is 0 Å². The molecule has 0 atom stereocenters. The van der Waals surface area contributed by atoms with Gasteiger partial charge in [0.1, 0.15) is 0 Å². The van der Waals surface area contributed by atoms with Gasteiger partial charge in [-0.3, -0.25) is 9.69 Å². The quantitative estimate of drug-likeness (QED) is 0.662. The lowest BCUT2D eigenvalue weighted by atomic mass is 9.78. The van der Waals surface area contributed by atoms with Crippen molar-refractivity contribution in [2.75, 3.05) is 38.5 Å². The van der Waals surface area contributed by atoms with Crippen molar-refractivity contribution in [3.8, 4) is 0 Å². The van der Waals surface area contributed by atoms with Gasteiger partial charge in [-0.05, 0) is 44.2 Å². The molecule has 1 amide bonds. The Bertz CT molecular complexity index is 898. The molecule has 0 spiro atoms. The van der Waals surface area contributed by atoms with E-state index in [-0.39, 0.29) is 43.9 Å². The maximum absolute atomic E-state index is 14.0.